The van der Waals surface area contributed by atoms with Gasteiger partial charge in [-0.15, -0.1) is 0 Å². The van der Waals surface area contributed by atoms with E-state index in [2.05, 4.69) is 0 Å². The lowest BCUT2D eigenvalue weighted by Crippen LogP contribution is -2.43. The molecule has 0 radical (unpaired) electrons. The van der Waals surface area contributed by atoms with Crippen LogP contribution in [-0.4, -0.2) is 54.6 Å². The molecule has 1 fully saturated rings. The Morgan fingerprint density at radius 2 is 1.88 bits per heavy atom. The Bertz CT molecular complexity index is 705. The predicted octanol–water partition coefficient (Wildman–Crippen LogP) is 2.52. The van der Waals surface area contributed by atoms with E-state index in [9.17, 15) is 22.0 Å². The van der Waals surface area contributed by atoms with E-state index in [-0.39, 0.29) is 17.9 Å². The first-order valence-electron chi connectivity index (χ1n) is 7.85. The van der Waals surface area contributed by atoms with Crippen LogP contribution < -0.4 is 5.73 Å². The van der Waals surface area contributed by atoms with Crippen molar-refractivity contribution >= 4 is 16.2 Å². The molecule has 1 aliphatic rings. The largest absolute Gasteiger partial charge is 0.444 e. The van der Waals surface area contributed by atoms with Crippen LogP contribution in [0.3, 0.4) is 0 Å². The van der Waals surface area contributed by atoms with Crippen LogP contribution in [0, 0.1) is 0 Å². The van der Waals surface area contributed by atoms with Crippen LogP contribution in [0.5, 0.6) is 0 Å². The summed E-state index contributed by atoms with van der Waals surface area (Å²) in [6, 6.07) is 6.79. The molecule has 0 aliphatic carbocycles. The zero-order valence-corrected chi connectivity index (χ0v) is 15.7. The van der Waals surface area contributed by atoms with Crippen LogP contribution in [-0.2, 0) is 14.9 Å². The van der Waals surface area contributed by atoms with E-state index in [4.69, 9.17) is 15.0 Å². The number of benzene rings is 1. The van der Waals surface area contributed by atoms with Gasteiger partial charge in [-0.25, -0.2) is 13.6 Å². The number of hydrogen-bond donors (Lipinski definition) is 2. The topological polar surface area (TPSA) is 110 Å². The van der Waals surface area contributed by atoms with E-state index in [1.54, 1.807) is 39.0 Å². The molecule has 1 aromatic carbocycles. The molecule has 26 heavy (non-hydrogen) atoms. The van der Waals surface area contributed by atoms with Crippen molar-refractivity contribution in [1.82, 2.24) is 4.90 Å². The molecule has 1 amide bonds. The SMILES string of the molecule is CC(C)(C)OC(=O)N1CC(F)(F)C[C@H]1CN.O=S(=O)(O)c1ccccc1. The first kappa shape index (κ1) is 22.3. The van der Waals surface area contributed by atoms with Gasteiger partial charge < -0.3 is 10.5 Å². The molecule has 0 spiro atoms. The smallest absolute Gasteiger partial charge is 0.410 e. The fourth-order valence-electron chi connectivity index (χ4n) is 2.24. The molecule has 0 bridgehead atoms. The van der Waals surface area contributed by atoms with Crippen molar-refractivity contribution in [3.8, 4) is 0 Å². The lowest BCUT2D eigenvalue weighted by Gasteiger charge is -2.27. The van der Waals surface area contributed by atoms with Gasteiger partial charge in [-0.1, -0.05) is 18.2 Å². The van der Waals surface area contributed by atoms with E-state index >= 15 is 0 Å². The number of amides is 1. The second-order valence-corrected chi connectivity index (χ2v) is 8.27. The molecule has 1 aliphatic heterocycles. The molecule has 0 saturated carbocycles. The summed E-state index contributed by atoms with van der Waals surface area (Å²) in [7, 11) is -4.00. The summed E-state index contributed by atoms with van der Waals surface area (Å²) < 4.78 is 60.5. The van der Waals surface area contributed by atoms with E-state index in [0.29, 0.717) is 0 Å². The molecule has 10 heteroatoms. The van der Waals surface area contributed by atoms with Crippen LogP contribution in [0.25, 0.3) is 0 Å². The normalized spacial score (nSPS) is 19.5. The third-order valence-corrected chi connectivity index (χ3v) is 4.19. The Morgan fingerprint density at radius 1 is 1.35 bits per heavy atom. The number of ether oxygens (including phenoxy) is 1. The molecule has 3 N–H and O–H groups in total. The van der Waals surface area contributed by atoms with Crippen molar-refractivity contribution in [3.05, 3.63) is 30.3 Å². The van der Waals surface area contributed by atoms with Gasteiger partial charge in [-0.2, -0.15) is 8.42 Å². The maximum Gasteiger partial charge on any atom is 0.410 e. The summed E-state index contributed by atoms with van der Waals surface area (Å²) in [6.07, 6.45) is -1.11. The molecular weight excluding hydrogens is 370 g/mol. The fraction of sp³-hybridized carbons (Fsp3) is 0.562. The molecule has 1 atom stereocenters. The van der Waals surface area contributed by atoms with E-state index in [1.165, 1.54) is 12.1 Å². The van der Waals surface area contributed by atoms with Crippen molar-refractivity contribution in [2.45, 2.75) is 49.7 Å². The van der Waals surface area contributed by atoms with Gasteiger partial charge in [0.15, 0.2) is 0 Å². The minimum atomic E-state index is -4.00. The van der Waals surface area contributed by atoms with Gasteiger partial charge in [0.1, 0.15) is 5.60 Å². The molecule has 2 rings (SSSR count). The first-order valence-corrected chi connectivity index (χ1v) is 9.29. The van der Waals surface area contributed by atoms with Crippen LogP contribution >= 0.6 is 0 Å². The summed E-state index contributed by atoms with van der Waals surface area (Å²) in [5, 5.41) is 0. The molecule has 0 unspecified atom stereocenters. The molecular formula is C16H24F2N2O5S. The number of carbonyl (C=O) groups excluding carboxylic acids is 1. The number of likely N-dealkylation sites (tertiary alicyclic amines) is 1. The van der Waals surface area contributed by atoms with Gasteiger partial charge in [-0.05, 0) is 32.9 Å². The van der Waals surface area contributed by atoms with Crippen LogP contribution in [0.4, 0.5) is 13.6 Å². The van der Waals surface area contributed by atoms with Crippen LogP contribution in [0.1, 0.15) is 27.2 Å². The van der Waals surface area contributed by atoms with E-state index in [0.717, 1.165) is 4.90 Å². The quantitative estimate of drug-likeness (QED) is 0.746. The van der Waals surface area contributed by atoms with E-state index < -0.39 is 40.3 Å². The standard InChI is InChI=1S/C10H18F2N2O2.C6H6O3S/c1-9(2,3)16-8(15)14-6-10(11,12)4-7(14)5-13;7-10(8,9)6-4-2-1-3-5-6/h7H,4-6,13H2,1-3H3;1-5H,(H,7,8,9)/t7-;/m0./s1. The number of halogens is 2. The highest BCUT2D eigenvalue weighted by atomic mass is 32.2. The maximum absolute atomic E-state index is 13.1. The van der Waals surface area contributed by atoms with Crippen molar-refractivity contribution in [2.75, 3.05) is 13.1 Å². The predicted molar refractivity (Wildman–Crippen MR) is 91.6 cm³/mol. The minimum Gasteiger partial charge on any atom is -0.444 e. The van der Waals surface area contributed by atoms with Gasteiger partial charge in [0.05, 0.1) is 17.5 Å². The monoisotopic (exact) mass is 394 g/mol. The first-order chi connectivity index (χ1) is 11.7. The summed E-state index contributed by atoms with van der Waals surface area (Å²) in [5.41, 5.74) is 4.68. The third-order valence-electron chi connectivity index (χ3n) is 3.32. The Hall–Kier alpha value is -1.78. The lowest BCUT2D eigenvalue weighted by molar-refractivity contribution is -0.00236. The Balaban J connectivity index is 0.000000289. The second kappa shape index (κ2) is 8.28. The Kier molecular flexibility index (Phi) is 7.09. The van der Waals surface area contributed by atoms with Gasteiger partial charge in [0, 0.05) is 13.0 Å². The average molecular weight is 394 g/mol. The van der Waals surface area contributed by atoms with Crippen molar-refractivity contribution in [3.63, 3.8) is 0 Å². The third kappa shape index (κ3) is 7.22. The summed E-state index contributed by atoms with van der Waals surface area (Å²) >= 11 is 0. The highest BCUT2D eigenvalue weighted by Crippen LogP contribution is 2.32. The molecule has 0 aromatic heterocycles. The minimum absolute atomic E-state index is 0.0227. The number of nitrogens with zero attached hydrogens (tertiary/aromatic N) is 1. The number of rotatable bonds is 2. The highest BCUT2D eigenvalue weighted by Gasteiger charge is 2.47. The van der Waals surface area contributed by atoms with Crippen LogP contribution in [0.2, 0.25) is 0 Å². The lowest BCUT2D eigenvalue weighted by atomic mass is 10.2. The number of hydrogen-bond acceptors (Lipinski definition) is 5. The summed E-state index contributed by atoms with van der Waals surface area (Å²) in [6.45, 7) is 4.49. The molecule has 148 valence electrons. The number of nitrogens with two attached hydrogens (primary N) is 1. The maximum atomic E-state index is 13.1. The summed E-state index contributed by atoms with van der Waals surface area (Å²) in [4.78, 5) is 12.6. The Labute approximate surface area is 151 Å². The molecule has 1 saturated heterocycles. The van der Waals surface area contributed by atoms with Gasteiger partial charge >= 0.3 is 6.09 Å². The van der Waals surface area contributed by atoms with Crippen molar-refractivity contribution in [1.29, 1.82) is 0 Å². The fourth-order valence-corrected chi connectivity index (χ4v) is 2.74. The van der Waals surface area contributed by atoms with Crippen molar-refractivity contribution in [2.24, 2.45) is 5.73 Å². The number of carbonyl (C=O) groups is 1. The van der Waals surface area contributed by atoms with Crippen LogP contribution in [0.15, 0.2) is 35.2 Å². The highest BCUT2D eigenvalue weighted by molar-refractivity contribution is 7.85. The van der Waals surface area contributed by atoms with Gasteiger partial charge in [0.25, 0.3) is 16.0 Å². The summed E-state index contributed by atoms with van der Waals surface area (Å²) in [5.74, 6) is -2.86. The average Bonchev–Trinajstić information content (AvgIpc) is 2.82. The second-order valence-electron chi connectivity index (χ2n) is 6.85. The molecule has 1 aromatic rings. The zero-order chi connectivity index (χ0) is 20.2. The van der Waals surface area contributed by atoms with E-state index in [1.807, 2.05) is 0 Å². The van der Waals surface area contributed by atoms with Gasteiger partial charge in [-0.3, -0.25) is 9.45 Å². The van der Waals surface area contributed by atoms with Gasteiger partial charge in [0.2, 0.25) is 0 Å². The molecule has 7 nitrogen and oxygen atoms in total. The molecule has 1 heterocycles. The number of alkyl halides is 2. The van der Waals surface area contributed by atoms with Crippen molar-refractivity contribution < 1.29 is 31.3 Å². The zero-order valence-electron chi connectivity index (χ0n) is 14.9. The Morgan fingerprint density at radius 3 is 2.27 bits per heavy atom.